The molecular formula is C11H12ClN3O4. The maximum atomic E-state index is 9.98. The van der Waals surface area contributed by atoms with Gasteiger partial charge in [0.1, 0.15) is 23.8 Å². The van der Waals surface area contributed by atoms with Crippen LogP contribution in [-0.2, 0) is 4.74 Å². The summed E-state index contributed by atoms with van der Waals surface area (Å²) in [6, 6.07) is 1.68. The third-order valence-corrected chi connectivity index (χ3v) is 3.52. The highest BCUT2D eigenvalue weighted by Gasteiger charge is 2.43. The molecule has 2 aromatic rings. The lowest BCUT2D eigenvalue weighted by molar-refractivity contribution is -0.0508. The summed E-state index contributed by atoms with van der Waals surface area (Å²) >= 11 is 5.92. The molecule has 7 nitrogen and oxygen atoms in total. The molecule has 1 saturated heterocycles. The largest absolute Gasteiger partial charge is 0.394 e. The van der Waals surface area contributed by atoms with Crippen LogP contribution >= 0.6 is 11.6 Å². The van der Waals surface area contributed by atoms with Crippen LogP contribution in [0, 0.1) is 0 Å². The second kappa shape index (κ2) is 4.69. The number of fused-ring (bicyclic) bond motifs is 1. The number of pyridine rings is 1. The Balaban J connectivity index is 2.04. The van der Waals surface area contributed by atoms with Gasteiger partial charge in [-0.05, 0) is 6.07 Å². The van der Waals surface area contributed by atoms with Gasteiger partial charge in [-0.25, -0.2) is 9.97 Å². The van der Waals surface area contributed by atoms with E-state index in [4.69, 9.17) is 21.4 Å². The SMILES string of the molecule is OC[C@H]1O[C@@H](n2cnc3c(Cl)nccc32)[C@@H](O)C1O. The Morgan fingerprint density at radius 2 is 2.11 bits per heavy atom. The van der Waals surface area contributed by atoms with Gasteiger partial charge in [0.25, 0.3) is 0 Å². The zero-order valence-electron chi connectivity index (χ0n) is 9.72. The first-order valence-corrected chi connectivity index (χ1v) is 6.10. The Bertz CT molecular complexity index is 605. The number of rotatable bonds is 2. The molecule has 3 rings (SSSR count). The van der Waals surface area contributed by atoms with Gasteiger partial charge in [0.15, 0.2) is 11.4 Å². The van der Waals surface area contributed by atoms with Gasteiger partial charge in [-0.1, -0.05) is 11.6 Å². The van der Waals surface area contributed by atoms with Crippen LogP contribution < -0.4 is 0 Å². The van der Waals surface area contributed by atoms with E-state index in [1.807, 2.05) is 0 Å². The van der Waals surface area contributed by atoms with Gasteiger partial charge in [-0.2, -0.15) is 0 Å². The molecule has 0 bridgehead atoms. The first-order chi connectivity index (χ1) is 9.13. The first-order valence-electron chi connectivity index (χ1n) is 5.73. The monoisotopic (exact) mass is 285 g/mol. The van der Waals surface area contributed by atoms with Gasteiger partial charge in [0, 0.05) is 6.20 Å². The predicted octanol–water partition coefficient (Wildman–Crippen LogP) is -0.304. The number of hydrogen-bond acceptors (Lipinski definition) is 6. The molecule has 1 fully saturated rings. The lowest BCUT2D eigenvalue weighted by Gasteiger charge is -2.16. The van der Waals surface area contributed by atoms with Crippen LogP contribution in [0.3, 0.4) is 0 Å². The lowest BCUT2D eigenvalue weighted by Crippen LogP contribution is -2.33. The highest BCUT2D eigenvalue weighted by atomic mass is 35.5. The standard InChI is InChI=1S/C11H12ClN3O4/c12-10-7-5(1-2-13-10)15(4-14-7)11-9(18)8(17)6(3-16)19-11/h1-2,4,6,8-9,11,16-18H,3H2/t6-,8?,9+,11-/m1/s1. The number of aliphatic hydroxyl groups excluding tert-OH is 3. The lowest BCUT2D eigenvalue weighted by atomic mass is 10.1. The van der Waals surface area contributed by atoms with E-state index in [0.717, 1.165) is 0 Å². The molecule has 0 aliphatic carbocycles. The third-order valence-electron chi connectivity index (χ3n) is 3.24. The molecule has 1 aliphatic rings. The fraction of sp³-hybridized carbons (Fsp3) is 0.455. The van der Waals surface area contributed by atoms with Gasteiger partial charge in [-0.15, -0.1) is 0 Å². The summed E-state index contributed by atoms with van der Waals surface area (Å²) < 4.78 is 7.00. The number of halogens is 1. The van der Waals surface area contributed by atoms with Crippen molar-refractivity contribution in [3.8, 4) is 0 Å². The van der Waals surface area contributed by atoms with Gasteiger partial charge in [0.2, 0.25) is 0 Å². The second-order valence-corrected chi connectivity index (χ2v) is 4.71. The van der Waals surface area contributed by atoms with Gasteiger partial charge >= 0.3 is 0 Å². The summed E-state index contributed by atoms with van der Waals surface area (Å²) in [5.41, 5.74) is 1.12. The van der Waals surface area contributed by atoms with Crippen LogP contribution in [0.25, 0.3) is 11.0 Å². The van der Waals surface area contributed by atoms with E-state index >= 15 is 0 Å². The van der Waals surface area contributed by atoms with Gasteiger partial charge in [-0.3, -0.25) is 0 Å². The average molecular weight is 286 g/mol. The van der Waals surface area contributed by atoms with E-state index in [1.165, 1.54) is 12.5 Å². The number of nitrogens with zero attached hydrogens (tertiary/aromatic N) is 3. The van der Waals surface area contributed by atoms with E-state index in [-0.39, 0.29) is 11.8 Å². The molecule has 2 aromatic heterocycles. The van der Waals surface area contributed by atoms with Crippen molar-refractivity contribution in [2.45, 2.75) is 24.5 Å². The summed E-state index contributed by atoms with van der Waals surface area (Å²) in [6.07, 6.45) is -0.973. The molecule has 102 valence electrons. The van der Waals surface area contributed by atoms with Gasteiger partial charge < -0.3 is 24.6 Å². The van der Waals surface area contributed by atoms with Crippen LogP contribution in [0.15, 0.2) is 18.6 Å². The van der Waals surface area contributed by atoms with Gasteiger partial charge in [0.05, 0.1) is 18.5 Å². The summed E-state index contributed by atoms with van der Waals surface area (Å²) in [6.45, 7) is -0.371. The highest BCUT2D eigenvalue weighted by molar-refractivity contribution is 6.33. The van der Waals surface area contributed by atoms with Crippen molar-refractivity contribution in [2.24, 2.45) is 0 Å². The highest BCUT2D eigenvalue weighted by Crippen LogP contribution is 2.32. The first kappa shape index (κ1) is 12.8. The van der Waals surface area contributed by atoms with Crippen molar-refractivity contribution in [1.29, 1.82) is 0 Å². The number of ether oxygens (including phenoxy) is 1. The van der Waals surface area contributed by atoms with Crippen molar-refractivity contribution in [1.82, 2.24) is 14.5 Å². The van der Waals surface area contributed by atoms with Crippen LogP contribution in [0.2, 0.25) is 5.15 Å². The number of aliphatic hydroxyl groups is 3. The molecule has 1 unspecified atom stereocenters. The van der Waals surface area contributed by atoms with Crippen LogP contribution in [0.4, 0.5) is 0 Å². The minimum atomic E-state index is -1.15. The van der Waals surface area contributed by atoms with Crippen molar-refractivity contribution in [3.05, 3.63) is 23.7 Å². The Morgan fingerprint density at radius 1 is 1.32 bits per heavy atom. The maximum absolute atomic E-state index is 9.98. The minimum Gasteiger partial charge on any atom is -0.394 e. The summed E-state index contributed by atoms with van der Waals surface area (Å²) in [7, 11) is 0. The van der Waals surface area contributed by atoms with Crippen LogP contribution in [-0.4, -0.2) is 54.8 Å². The normalized spacial score (nSPS) is 31.2. The molecule has 19 heavy (non-hydrogen) atoms. The van der Waals surface area contributed by atoms with E-state index in [9.17, 15) is 10.2 Å². The number of imidazole rings is 1. The molecule has 0 radical (unpaired) electrons. The Morgan fingerprint density at radius 3 is 2.79 bits per heavy atom. The molecule has 4 atom stereocenters. The Hall–Kier alpha value is -1.25. The van der Waals surface area contributed by atoms with E-state index in [1.54, 1.807) is 10.6 Å². The minimum absolute atomic E-state index is 0.253. The maximum Gasteiger partial charge on any atom is 0.164 e. The number of aromatic nitrogens is 3. The van der Waals surface area contributed by atoms with Crippen LogP contribution in [0.5, 0.6) is 0 Å². The average Bonchev–Trinajstić information content (AvgIpc) is 2.94. The molecule has 0 amide bonds. The van der Waals surface area contributed by atoms with Crippen LogP contribution in [0.1, 0.15) is 6.23 Å². The fourth-order valence-corrected chi connectivity index (χ4v) is 2.44. The Labute approximate surface area is 113 Å². The quantitative estimate of drug-likeness (QED) is 0.655. The zero-order chi connectivity index (χ0) is 13.6. The summed E-state index contributed by atoms with van der Waals surface area (Å²) in [5.74, 6) is 0. The molecule has 0 spiro atoms. The molecule has 1 aliphatic heterocycles. The second-order valence-electron chi connectivity index (χ2n) is 4.35. The van der Waals surface area contributed by atoms with Crippen molar-refractivity contribution >= 4 is 22.6 Å². The predicted molar refractivity (Wildman–Crippen MR) is 65.5 cm³/mol. The molecular weight excluding hydrogens is 274 g/mol. The number of hydrogen-bond donors (Lipinski definition) is 3. The summed E-state index contributed by atoms with van der Waals surface area (Å²) in [4.78, 5) is 8.02. The van der Waals surface area contributed by atoms with E-state index < -0.39 is 24.5 Å². The van der Waals surface area contributed by atoms with E-state index in [2.05, 4.69) is 9.97 Å². The van der Waals surface area contributed by atoms with Crippen molar-refractivity contribution < 1.29 is 20.1 Å². The molecule has 3 N–H and O–H groups in total. The zero-order valence-corrected chi connectivity index (χ0v) is 10.5. The fourth-order valence-electron chi connectivity index (χ4n) is 2.24. The molecule has 0 saturated carbocycles. The molecule has 8 heteroatoms. The topological polar surface area (TPSA) is 101 Å². The van der Waals surface area contributed by atoms with Crippen molar-refractivity contribution in [3.63, 3.8) is 0 Å². The smallest absolute Gasteiger partial charge is 0.164 e. The third kappa shape index (κ3) is 1.90. The van der Waals surface area contributed by atoms with Crippen molar-refractivity contribution in [2.75, 3.05) is 6.61 Å². The van der Waals surface area contributed by atoms with E-state index in [0.29, 0.717) is 11.0 Å². The molecule has 3 heterocycles. The summed E-state index contributed by atoms with van der Waals surface area (Å²) in [5, 5.41) is 29.1. The Kier molecular flexibility index (Phi) is 3.15. The molecule has 0 aromatic carbocycles.